The van der Waals surface area contributed by atoms with Crippen molar-refractivity contribution in [2.45, 2.75) is 25.6 Å². The third kappa shape index (κ3) is 5.56. The van der Waals surface area contributed by atoms with E-state index in [1.54, 1.807) is 0 Å². The molecule has 1 atom stereocenters. The first kappa shape index (κ1) is 22.4. The summed E-state index contributed by atoms with van der Waals surface area (Å²) in [5, 5.41) is 4.77. The molecule has 0 unspecified atom stereocenters. The molecule has 2 heterocycles. The molecule has 4 aromatic rings. The predicted molar refractivity (Wildman–Crippen MR) is 137 cm³/mol. The molecule has 2 N–H and O–H groups in total. The van der Waals surface area contributed by atoms with E-state index in [1.807, 2.05) is 29.3 Å². The van der Waals surface area contributed by atoms with E-state index in [-0.39, 0.29) is 11.9 Å². The highest BCUT2D eigenvalue weighted by Gasteiger charge is 2.27. The van der Waals surface area contributed by atoms with Crippen LogP contribution in [0.1, 0.15) is 16.7 Å². The molecular weight excluding hydrogens is 420 g/mol. The first-order chi connectivity index (χ1) is 16.7. The number of hydrogen-bond donors (Lipinski definition) is 2. The van der Waals surface area contributed by atoms with Gasteiger partial charge in [0.1, 0.15) is 0 Å². The van der Waals surface area contributed by atoms with Crippen molar-refractivity contribution in [3.63, 3.8) is 0 Å². The fourth-order valence-electron chi connectivity index (χ4n) is 4.74. The van der Waals surface area contributed by atoms with Crippen LogP contribution in [-0.4, -0.2) is 52.9 Å². The van der Waals surface area contributed by atoms with E-state index in [0.29, 0.717) is 13.0 Å². The average molecular weight is 453 g/mol. The molecule has 0 saturated carbocycles. The lowest BCUT2D eigenvalue weighted by atomic mass is 10.0. The van der Waals surface area contributed by atoms with E-state index in [4.69, 9.17) is 0 Å². The van der Waals surface area contributed by atoms with Gasteiger partial charge in [-0.1, -0.05) is 66.7 Å². The Bertz CT molecular complexity index is 1200. The fraction of sp³-hybridized carbons (Fsp3) is 0.276. The lowest BCUT2D eigenvalue weighted by molar-refractivity contribution is -0.135. The smallest absolute Gasteiger partial charge is 0.240 e. The van der Waals surface area contributed by atoms with Crippen molar-refractivity contribution in [3.8, 4) is 0 Å². The molecule has 0 spiro atoms. The molecule has 0 radical (unpaired) electrons. The Balaban J connectivity index is 1.23. The van der Waals surface area contributed by atoms with Crippen LogP contribution < -0.4 is 5.32 Å². The Labute approximate surface area is 201 Å². The van der Waals surface area contributed by atoms with Gasteiger partial charge in [-0.05, 0) is 46.7 Å². The summed E-state index contributed by atoms with van der Waals surface area (Å²) in [7, 11) is 0. The van der Waals surface area contributed by atoms with Crippen LogP contribution in [0.25, 0.3) is 10.9 Å². The van der Waals surface area contributed by atoms with Gasteiger partial charge in [0.25, 0.3) is 0 Å². The number of aromatic amines is 1. The molecular formula is C29H32N4O. The SMILES string of the molecule is O=C([C@H](Cc1ccccc1)NCc1ccc2[nH]ccc2c1)N1CCN(Cc2ccccc2)CC1. The molecule has 34 heavy (non-hydrogen) atoms. The molecule has 1 amide bonds. The molecule has 0 bridgehead atoms. The van der Waals surface area contributed by atoms with E-state index in [9.17, 15) is 4.79 Å². The number of nitrogens with one attached hydrogen (secondary N) is 2. The second kappa shape index (κ2) is 10.7. The van der Waals surface area contributed by atoms with Gasteiger partial charge < -0.3 is 15.2 Å². The van der Waals surface area contributed by atoms with E-state index in [0.717, 1.165) is 38.2 Å². The molecule has 0 aliphatic carbocycles. The largest absolute Gasteiger partial charge is 0.361 e. The average Bonchev–Trinajstić information content (AvgIpc) is 3.36. The normalized spacial score (nSPS) is 15.5. The summed E-state index contributed by atoms with van der Waals surface area (Å²) in [4.78, 5) is 21.3. The zero-order valence-electron chi connectivity index (χ0n) is 19.5. The molecule has 1 aliphatic heterocycles. The maximum absolute atomic E-state index is 13.6. The Morgan fingerprint density at radius 1 is 0.824 bits per heavy atom. The number of aromatic nitrogens is 1. The van der Waals surface area contributed by atoms with Crippen molar-refractivity contribution in [3.05, 3.63) is 108 Å². The maximum atomic E-state index is 13.6. The topological polar surface area (TPSA) is 51.4 Å². The molecule has 5 heteroatoms. The number of benzene rings is 3. The van der Waals surface area contributed by atoms with Crippen molar-refractivity contribution in [1.82, 2.24) is 20.1 Å². The van der Waals surface area contributed by atoms with Gasteiger partial charge in [-0.2, -0.15) is 0 Å². The highest BCUT2D eigenvalue weighted by molar-refractivity contribution is 5.82. The first-order valence-electron chi connectivity index (χ1n) is 12.1. The molecule has 1 aromatic heterocycles. The third-order valence-electron chi connectivity index (χ3n) is 6.68. The van der Waals surface area contributed by atoms with Crippen LogP contribution in [0.4, 0.5) is 0 Å². The van der Waals surface area contributed by atoms with Crippen LogP contribution in [0.2, 0.25) is 0 Å². The Kier molecular flexibility index (Phi) is 7.03. The predicted octanol–water partition coefficient (Wildman–Crippen LogP) is 4.21. The lowest BCUT2D eigenvalue weighted by Crippen LogP contribution is -2.54. The Hall–Kier alpha value is -3.41. The maximum Gasteiger partial charge on any atom is 0.240 e. The number of fused-ring (bicyclic) bond motifs is 1. The van der Waals surface area contributed by atoms with Crippen molar-refractivity contribution in [1.29, 1.82) is 0 Å². The van der Waals surface area contributed by atoms with Gasteiger partial charge in [-0.25, -0.2) is 0 Å². The van der Waals surface area contributed by atoms with E-state index < -0.39 is 0 Å². The van der Waals surface area contributed by atoms with Crippen LogP contribution in [0.5, 0.6) is 0 Å². The minimum Gasteiger partial charge on any atom is -0.361 e. The van der Waals surface area contributed by atoms with E-state index >= 15 is 0 Å². The number of carbonyl (C=O) groups is 1. The second-order valence-corrected chi connectivity index (χ2v) is 9.11. The number of H-pyrrole nitrogens is 1. The van der Waals surface area contributed by atoms with Crippen molar-refractivity contribution < 1.29 is 4.79 Å². The molecule has 174 valence electrons. The summed E-state index contributed by atoms with van der Waals surface area (Å²) in [5.41, 5.74) is 4.82. The van der Waals surface area contributed by atoms with Gasteiger partial charge in [0.2, 0.25) is 5.91 Å². The summed E-state index contributed by atoms with van der Waals surface area (Å²) in [5.74, 6) is 0.200. The zero-order chi connectivity index (χ0) is 23.2. The zero-order valence-corrected chi connectivity index (χ0v) is 19.5. The van der Waals surface area contributed by atoms with Gasteiger partial charge in [-0.3, -0.25) is 9.69 Å². The van der Waals surface area contributed by atoms with Crippen LogP contribution in [-0.2, 0) is 24.3 Å². The summed E-state index contributed by atoms with van der Waals surface area (Å²) in [6.45, 7) is 4.96. The lowest BCUT2D eigenvalue weighted by Gasteiger charge is -2.36. The Morgan fingerprint density at radius 2 is 1.53 bits per heavy atom. The van der Waals surface area contributed by atoms with Crippen molar-refractivity contribution in [2.24, 2.45) is 0 Å². The van der Waals surface area contributed by atoms with Gasteiger partial charge in [-0.15, -0.1) is 0 Å². The van der Waals surface area contributed by atoms with Gasteiger partial charge in [0.15, 0.2) is 0 Å². The van der Waals surface area contributed by atoms with E-state index in [1.165, 1.54) is 22.1 Å². The van der Waals surface area contributed by atoms with E-state index in [2.05, 4.69) is 81.9 Å². The van der Waals surface area contributed by atoms with Crippen LogP contribution in [0, 0.1) is 0 Å². The molecule has 5 nitrogen and oxygen atoms in total. The minimum absolute atomic E-state index is 0.200. The van der Waals surface area contributed by atoms with Crippen molar-refractivity contribution in [2.75, 3.05) is 26.2 Å². The number of amides is 1. The van der Waals surface area contributed by atoms with Gasteiger partial charge in [0.05, 0.1) is 6.04 Å². The fourth-order valence-corrected chi connectivity index (χ4v) is 4.74. The minimum atomic E-state index is -0.245. The van der Waals surface area contributed by atoms with Gasteiger partial charge in [0, 0.05) is 51.0 Å². The van der Waals surface area contributed by atoms with Crippen LogP contribution in [0.15, 0.2) is 91.1 Å². The highest BCUT2D eigenvalue weighted by atomic mass is 16.2. The first-order valence-corrected chi connectivity index (χ1v) is 12.1. The summed E-state index contributed by atoms with van der Waals surface area (Å²) in [6.07, 6.45) is 2.65. The third-order valence-corrected chi connectivity index (χ3v) is 6.68. The number of nitrogens with zero attached hydrogens (tertiary/aromatic N) is 2. The monoisotopic (exact) mass is 452 g/mol. The second-order valence-electron chi connectivity index (χ2n) is 9.11. The molecule has 1 aliphatic rings. The molecule has 1 fully saturated rings. The highest BCUT2D eigenvalue weighted by Crippen LogP contribution is 2.16. The Morgan fingerprint density at radius 3 is 2.26 bits per heavy atom. The molecule has 1 saturated heterocycles. The number of hydrogen-bond acceptors (Lipinski definition) is 3. The number of piperazine rings is 1. The summed E-state index contributed by atoms with van der Waals surface area (Å²) >= 11 is 0. The van der Waals surface area contributed by atoms with Crippen molar-refractivity contribution >= 4 is 16.8 Å². The van der Waals surface area contributed by atoms with Gasteiger partial charge >= 0.3 is 0 Å². The molecule has 5 rings (SSSR count). The molecule has 3 aromatic carbocycles. The quantitative estimate of drug-likeness (QED) is 0.421. The standard InChI is InChI=1S/C29H32N4O/c34-29(33-17-15-32(16-18-33)22-24-9-5-2-6-10-24)28(20-23-7-3-1-4-8-23)31-21-25-11-12-27-26(19-25)13-14-30-27/h1-14,19,28,30-31H,15-18,20-22H2/t28-/m0/s1. The number of carbonyl (C=O) groups excluding carboxylic acids is 1. The summed E-state index contributed by atoms with van der Waals surface area (Å²) < 4.78 is 0. The van der Waals surface area contributed by atoms with Crippen LogP contribution in [0.3, 0.4) is 0 Å². The number of rotatable bonds is 8. The summed E-state index contributed by atoms with van der Waals surface area (Å²) in [6, 6.07) is 29.1. The van der Waals surface area contributed by atoms with Crippen LogP contribution >= 0.6 is 0 Å².